The highest BCUT2D eigenvalue weighted by Gasteiger charge is 2.36. The fraction of sp³-hybridized carbons (Fsp3) is 0.321. The first-order valence-electron chi connectivity index (χ1n) is 12.1. The molecule has 9 heteroatoms. The Morgan fingerprint density at radius 3 is 2.46 bits per heavy atom. The molecule has 0 bridgehead atoms. The van der Waals surface area contributed by atoms with Gasteiger partial charge in [-0.05, 0) is 59.9 Å². The molecule has 0 unspecified atom stereocenters. The van der Waals surface area contributed by atoms with Crippen molar-refractivity contribution in [2.24, 2.45) is 0 Å². The third kappa shape index (κ3) is 7.53. The quantitative estimate of drug-likeness (QED) is 0.352. The maximum Gasteiger partial charge on any atom is 0.416 e. The van der Waals surface area contributed by atoms with Crippen molar-refractivity contribution in [3.8, 4) is 0 Å². The average Bonchev–Trinajstić information content (AvgIpc) is 3.26. The standard InChI is InChI=1S/C28H28ClF4N3O/c29-23-6-3-4-20(14-23)17-36-18-24(35-16-19-8-10-22(11-9-19)28(31,32)33)15-26(36)27(37)34-13-12-21-5-1-2-7-25(21)30/h1-11,14,24,26,35H,12-13,15-18H2,(H,34,37)/t24-,26+/m1/s1. The third-order valence-corrected chi connectivity index (χ3v) is 6.74. The van der Waals surface area contributed by atoms with Crippen LogP contribution in [0.25, 0.3) is 0 Å². The van der Waals surface area contributed by atoms with E-state index in [2.05, 4.69) is 15.5 Å². The van der Waals surface area contributed by atoms with Crippen LogP contribution in [0.4, 0.5) is 17.6 Å². The van der Waals surface area contributed by atoms with Crippen LogP contribution in [0.2, 0.25) is 5.02 Å². The lowest BCUT2D eigenvalue weighted by Crippen LogP contribution is -2.43. The van der Waals surface area contributed by atoms with Crippen molar-refractivity contribution in [2.45, 2.75) is 44.2 Å². The first-order valence-corrected chi connectivity index (χ1v) is 12.5. The van der Waals surface area contributed by atoms with E-state index in [0.717, 1.165) is 23.3 Å². The van der Waals surface area contributed by atoms with E-state index in [4.69, 9.17) is 11.6 Å². The normalized spacial score (nSPS) is 18.2. The predicted octanol–water partition coefficient (Wildman–Crippen LogP) is 5.59. The van der Waals surface area contributed by atoms with Crippen LogP contribution in [0.3, 0.4) is 0 Å². The summed E-state index contributed by atoms with van der Waals surface area (Å²) in [5.74, 6) is -0.440. The molecule has 1 saturated heterocycles. The summed E-state index contributed by atoms with van der Waals surface area (Å²) in [5.41, 5.74) is 1.56. The molecule has 1 aliphatic rings. The number of alkyl halides is 3. The van der Waals surface area contributed by atoms with Crippen LogP contribution in [0.1, 0.15) is 28.7 Å². The number of rotatable bonds is 9. The molecule has 0 spiro atoms. The summed E-state index contributed by atoms with van der Waals surface area (Å²) in [5, 5.41) is 6.92. The van der Waals surface area contributed by atoms with Crippen LogP contribution >= 0.6 is 11.6 Å². The van der Waals surface area contributed by atoms with Crippen LogP contribution in [-0.2, 0) is 30.5 Å². The number of hydrogen-bond acceptors (Lipinski definition) is 3. The van der Waals surface area contributed by atoms with Gasteiger partial charge in [-0.3, -0.25) is 9.69 Å². The Morgan fingerprint density at radius 2 is 1.76 bits per heavy atom. The highest BCUT2D eigenvalue weighted by Crippen LogP contribution is 2.29. The molecule has 0 radical (unpaired) electrons. The van der Waals surface area contributed by atoms with Gasteiger partial charge in [0.15, 0.2) is 0 Å². The second-order valence-corrected chi connectivity index (χ2v) is 9.65. The molecule has 1 amide bonds. The van der Waals surface area contributed by atoms with Gasteiger partial charge in [-0.2, -0.15) is 13.2 Å². The summed E-state index contributed by atoms with van der Waals surface area (Å²) in [6, 6.07) is 18.5. The van der Waals surface area contributed by atoms with E-state index in [9.17, 15) is 22.4 Å². The van der Waals surface area contributed by atoms with Gasteiger partial charge in [0.25, 0.3) is 0 Å². The predicted molar refractivity (Wildman–Crippen MR) is 135 cm³/mol. The maximum absolute atomic E-state index is 13.9. The summed E-state index contributed by atoms with van der Waals surface area (Å²) in [6.45, 7) is 1.79. The Kier molecular flexibility index (Phi) is 8.84. The molecule has 4 rings (SSSR count). The van der Waals surface area contributed by atoms with Crippen molar-refractivity contribution in [2.75, 3.05) is 13.1 Å². The van der Waals surface area contributed by atoms with Gasteiger partial charge in [-0.15, -0.1) is 0 Å². The number of halogens is 5. The van der Waals surface area contributed by atoms with E-state index in [1.54, 1.807) is 24.3 Å². The van der Waals surface area contributed by atoms with Crippen molar-refractivity contribution in [3.63, 3.8) is 0 Å². The van der Waals surface area contributed by atoms with Gasteiger partial charge in [-0.1, -0.05) is 54.1 Å². The third-order valence-electron chi connectivity index (χ3n) is 6.51. The smallest absolute Gasteiger partial charge is 0.354 e. The van der Waals surface area contributed by atoms with E-state index >= 15 is 0 Å². The monoisotopic (exact) mass is 533 g/mol. The number of hydrogen-bond donors (Lipinski definition) is 2. The average molecular weight is 534 g/mol. The minimum absolute atomic E-state index is 0.0382. The molecule has 1 heterocycles. The van der Waals surface area contributed by atoms with E-state index < -0.39 is 17.8 Å². The highest BCUT2D eigenvalue weighted by atomic mass is 35.5. The maximum atomic E-state index is 13.9. The molecule has 2 N–H and O–H groups in total. The molecular formula is C28H28ClF4N3O. The minimum Gasteiger partial charge on any atom is -0.354 e. The van der Waals surface area contributed by atoms with Crippen LogP contribution < -0.4 is 10.6 Å². The molecule has 196 valence electrons. The molecular weight excluding hydrogens is 506 g/mol. The zero-order valence-electron chi connectivity index (χ0n) is 20.1. The number of carbonyl (C=O) groups is 1. The Bertz CT molecular complexity index is 1200. The molecule has 0 aliphatic carbocycles. The van der Waals surface area contributed by atoms with E-state index in [0.29, 0.717) is 49.6 Å². The van der Waals surface area contributed by atoms with Crippen LogP contribution in [0.15, 0.2) is 72.8 Å². The van der Waals surface area contributed by atoms with Gasteiger partial charge < -0.3 is 10.6 Å². The fourth-order valence-electron chi connectivity index (χ4n) is 4.58. The number of benzene rings is 3. The van der Waals surface area contributed by atoms with Crippen molar-refractivity contribution < 1.29 is 22.4 Å². The van der Waals surface area contributed by atoms with Crippen molar-refractivity contribution in [1.29, 1.82) is 0 Å². The SMILES string of the molecule is O=C(NCCc1ccccc1F)[C@@H]1C[C@@H](NCc2ccc(C(F)(F)F)cc2)CN1Cc1cccc(Cl)c1. The van der Waals surface area contributed by atoms with E-state index in [-0.39, 0.29) is 17.8 Å². The summed E-state index contributed by atoms with van der Waals surface area (Å²) in [4.78, 5) is 15.2. The van der Waals surface area contributed by atoms with Gasteiger partial charge in [0.2, 0.25) is 5.91 Å². The van der Waals surface area contributed by atoms with Gasteiger partial charge in [0.1, 0.15) is 5.82 Å². The molecule has 1 fully saturated rings. The molecule has 1 aliphatic heterocycles. The molecule has 3 aromatic rings. The largest absolute Gasteiger partial charge is 0.416 e. The summed E-state index contributed by atoms with van der Waals surface area (Å²) in [6.07, 6.45) is -3.45. The minimum atomic E-state index is -4.37. The molecule has 37 heavy (non-hydrogen) atoms. The van der Waals surface area contributed by atoms with Gasteiger partial charge in [-0.25, -0.2) is 4.39 Å². The lowest BCUT2D eigenvalue weighted by molar-refractivity contribution is -0.137. The van der Waals surface area contributed by atoms with E-state index in [1.807, 2.05) is 18.2 Å². The topological polar surface area (TPSA) is 44.4 Å². The van der Waals surface area contributed by atoms with Crippen molar-refractivity contribution in [1.82, 2.24) is 15.5 Å². The second-order valence-electron chi connectivity index (χ2n) is 9.22. The number of nitrogens with one attached hydrogen (secondary N) is 2. The van der Waals surface area contributed by atoms with Crippen LogP contribution in [0.5, 0.6) is 0 Å². The number of nitrogens with zero attached hydrogens (tertiary/aromatic N) is 1. The lowest BCUT2D eigenvalue weighted by Gasteiger charge is -2.23. The van der Waals surface area contributed by atoms with Crippen molar-refractivity contribution >= 4 is 17.5 Å². The summed E-state index contributed by atoms with van der Waals surface area (Å²) >= 11 is 6.14. The fourth-order valence-corrected chi connectivity index (χ4v) is 4.79. The Balaban J connectivity index is 1.38. The first-order chi connectivity index (χ1) is 17.7. The van der Waals surface area contributed by atoms with Gasteiger partial charge in [0, 0.05) is 37.2 Å². The molecule has 4 nitrogen and oxygen atoms in total. The zero-order chi connectivity index (χ0) is 26.4. The molecule has 2 atom stereocenters. The first kappa shape index (κ1) is 27.1. The number of carbonyl (C=O) groups excluding carboxylic acids is 1. The molecule has 3 aromatic carbocycles. The van der Waals surface area contributed by atoms with Crippen LogP contribution in [-0.4, -0.2) is 36.0 Å². The Hall–Kier alpha value is -2.94. The summed E-state index contributed by atoms with van der Waals surface area (Å²) < 4.78 is 52.4. The van der Waals surface area contributed by atoms with Crippen molar-refractivity contribution in [3.05, 3.63) is 106 Å². The number of amides is 1. The summed E-state index contributed by atoms with van der Waals surface area (Å²) in [7, 11) is 0. The van der Waals surface area contributed by atoms with Gasteiger partial charge >= 0.3 is 6.18 Å². The van der Waals surface area contributed by atoms with Gasteiger partial charge in [0.05, 0.1) is 11.6 Å². The number of likely N-dealkylation sites (tertiary alicyclic amines) is 1. The van der Waals surface area contributed by atoms with Crippen LogP contribution in [0, 0.1) is 5.82 Å². The highest BCUT2D eigenvalue weighted by molar-refractivity contribution is 6.30. The zero-order valence-corrected chi connectivity index (χ0v) is 20.8. The Labute approximate surface area is 218 Å². The Morgan fingerprint density at radius 1 is 1.00 bits per heavy atom. The molecule has 0 saturated carbocycles. The van der Waals surface area contributed by atoms with E-state index in [1.165, 1.54) is 18.2 Å². The lowest BCUT2D eigenvalue weighted by atomic mass is 10.1. The molecule has 0 aromatic heterocycles. The second kappa shape index (κ2) is 12.1.